The van der Waals surface area contributed by atoms with Crippen molar-refractivity contribution >= 4 is 16.7 Å². The van der Waals surface area contributed by atoms with E-state index in [1.54, 1.807) is 0 Å². The number of aromatic nitrogens is 2. The normalized spacial score (nSPS) is 15.5. The van der Waals surface area contributed by atoms with E-state index < -0.39 is 0 Å². The maximum atomic E-state index is 10.2. The van der Waals surface area contributed by atoms with Gasteiger partial charge in [0.05, 0.1) is 6.04 Å². The van der Waals surface area contributed by atoms with E-state index in [9.17, 15) is 5.11 Å². The van der Waals surface area contributed by atoms with E-state index in [2.05, 4.69) is 45.6 Å². The van der Waals surface area contributed by atoms with Gasteiger partial charge >= 0.3 is 0 Å². The number of pyridine rings is 1. The second-order valence-electron chi connectivity index (χ2n) is 6.49. The van der Waals surface area contributed by atoms with Gasteiger partial charge in [-0.05, 0) is 41.8 Å². The number of aromatic hydroxyl groups is 1. The Morgan fingerprint density at radius 3 is 2.80 bits per heavy atom. The maximum absolute atomic E-state index is 10.2. The molecule has 0 spiro atoms. The van der Waals surface area contributed by atoms with E-state index in [0.717, 1.165) is 39.0 Å². The second-order valence-corrected chi connectivity index (χ2v) is 6.49. The van der Waals surface area contributed by atoms with Crippen LogP contribution in [0.5, 0.6) is 5.75 Å². The van der Waals surface area contributed by atoms with Crippen LogP contribution >= 0.6 is 0 Å². The van der Waals surface area contributed by atoms with Gasteiger partial charge in [-0.15, -0.1) is 0 Å². The summed E-state index contributed by atoms with van der Waals surface area (Å²) in [6.07, 6.45) is 3.86. The number of nitrogens with one attached hydrogen (secondary N) is 2. The molecule has 0 fully saturated rings. The molecular weight excluding hydrogens is 310 g/mol. The van der Waals surface area contributed by atoms with Gasteiger partial charge in [0.15, 0.2) is 0 Å². The molecule has 25 heavy (non-hydrogen) atoms. The molecule has 0 amide bonds. The minimum Gasteiger partial charge on any atom is -0.508 e. The largest absolute Gasteiger partial charge is 0.508 e. The van der Waals surface area contributed by atoms with Gasteiger partial charge in [0.1, 0.15) is 11.4 Å². The van der Waals surface area contributed by atoms with Crippen molar-refractivity contribution in [3.63, 3.8) is 0 Å². The molecule has 2 aromatic heterocycles. The average molecular weight is 327 g/mol. The summed E-state index contributed by atoms with van der Waals surface area (Å²) in [5.41, 5.74) is 7.33. The summed E-state index contributed by atoms with van der Waals surface area (Å²) in [7, 11) is 0. The van der Waals surface area contributed by atoms with E-state index >= 15 is 0 Å². The minimum absolute atomic E-state index is 0.0631. The van der Waals surface area contributed by atoms with E-state index in [4.69, 9.17) is 0 Å². The molecule has 122 valence electrons. The van der Waals surface area contributed by atoms with Crippen LogP contribution < -0.4 is 5.32 Å². The van der Waals surface area contributed by atoms with Crippen LogP contribution in [0, 0.1) is 6.92 Å². The van der Waals surface area contributed by atoms with E-state index in [1.807, 2.05) is 37.5 Å². The van der Waals surface area contributed by atoms with E-state index in [1.165, 1.54) is 5.56 Å². The zero-order valence-electron chi connectivity index (χ0n) is 13.7. The third-order valence-electron chi connectivity index (χ3n) is 5.00. The highest BCUT2D eigenvalue weighted by Crippen LogP contribution is 2.43. The summed E-state index contributed by atoms with van der Waals surface area (Å²) in [6, 6.07) is 16.2. The number of phenolic OH excluding ortho intramolecular Hbond substituents is 1. The van der Waals surface area contributed by atoms with Gasteiger partial charge in [-0.2, -0.15) is 0 Å². The fourth-order valence-electron chi connectivity index (χ4n) is 3.68. The zero-order chi connectivity index (χ0) is 17.0. The smallest absolute Gasteiger partial charge is 0.138 e. The van der Waals surface area contributed by atoms with Crippen molar-refractivity contribution in [2.24, 2.45) is 0 Å². The number of hydrogen-bond donors (Lipinski definition) is 3. The Hall–Kier alpha value is -3.27. The fourth-order valence-corrected chi connectivity index (χ4v) is 3.68. The summed E-state index contributed by atoms with van der Waals surface area (Å²) < 4.78 is 0. The van der Waals surface area contributed by atoms with Crippen molar-refractivity contribution in [3.8, 4) is 16.9 Å². The molecular formula is C21H17N3O. The molecule has 4 nitrogen and oxygen atoms in total. The number of phenols is 1. The number of anilines is 1. The highest BCUT2D eigenvalue weighted by molar-refractivity contribution is 6.01. The van der Waals surface area contributed by atoms with Gasteiger partial charge in [-0.3, -0.25) is 0 Å². The third kappa shape index (κ3) is 2.04. The minimum atomic E-state index is -0.0631. The first kappa shape index (κ1) is 14.1. The molecule has 0 saturated carbocycles. The zero-order valence-corrected chi connectivity index (χ0v) is 13.7. The standard InChI is InChI=1S/C21H17N3O/c1-12-6-7-13(10-18(12)25)20-16-11-23-21-19(16)15(8-9-22-21)14-4-2-3-5-17(14)24-20/h2-11,20,24-25H,1H3,(H,22,23). The summed E-state index contributed by atoms with van der Waals surface area (Å²) in [5, 5.41) is 15.0. The predicted molar refractivity (Wildman–Crippen MR) is 99.8 cm³/mol. The van der Waals surface area contributed by atoms with Crippen LogP contribution in [0.2, 0.25) is 0 Å². The number of H-pyrrole nitrogens is 1. The first-order valence-electron chi connectivity index (χ1n) is 8.34. The predicted octanol–water partition coefficient (Wildman–Crippen LogP) is 4.76. The van der Waals surface area contributed by atoms with Gasteiger partial charge < -0.3 is 15.4 Å². The highest BCUT2D eigenvalue weighted by atomic mass is 16.3. The molecule has 0 radical (unpaired) electrons. The van der Waals surface area contributed by atoms with Gasteiger partial charge in [-0.1, -0.05) is 30.3 Å². The summed E-state index contributed by atoms with van der Waals surface area (Å²) in [6.45, 7) is 1.91. The van der Waals surface area contributed by atoms with Crippen LogP contribution in [0.1, 0.15) is 22.7 Å². The first-order chi connectivity index (χ1) is 12.2. The molecule has 3 N–H and O–H groups in total. The van der Waals surface area contributed by atoms with Crippen LogP contribution in [0.15, 0.2) is 60.9 Å². The Morgan fingerprint density at radius 2 is 1.92 bits per heavy atom. The molecule has 1 atom stereocenters. The topological polar surface area (TPSA) is 60.9 Å². The van der Waals surface area contributed by atoms with Crippen molar-refractivity contribution in [2.75, 3.05) is 5.32 Å². The quantitative estimate of drug-likeness (QED) is 0.472. The lowest BCUT2D eigenvalue weighted by Crippen LogP contribution is -2.11. The van der Waals surface area contributed by atoms with E-state index in [0.29, 0.717) is 5.75 Å². The Bertz CT molecular complexity index is 1110. The van der Waals surface area contributed by atoms with Crippen LogP contribution in [0.4, 0.5) is 5.69 Å². The van der Waals surface area contributed by atoms with Crippen LogP contribution in [-0.4, -0.2) is 15.1 Å². The number of rotatable bonds is 1. The molecule has 4 heteroatoms. The van der Waals surface area contributed by atoms with Crippen molar-refractivity contribution < 1.29 is 5.11 Å². The first-order valence-corrected chi connectivity index (χ1v) is 8.34. The Labute approximate surface area is 145 Å². The van der Waals surface area contributed by atoms with Crippen LogP contribution in [-0.2, 0) is 0 Å². The average Bonchev–Trinajstić information content (AvgIpc) is 3.00. The lowest BCUT2D eigenvalue weighted by atomic mass is 9.96. The Balaban J connectivity index is 1.83. The molecule has 1 aliphatic heterocycles. The second kappa shape index (κ2) is 5.11. The van der Waals surface area contributed by atoms with Gasteiger partial charge in [0.25, 0.3) is 0 Å². The van der Waals surface area contributed by atoms with Gasteiger partial charge in [0.2, 0.25) is 0 Å². The summed E-state index contributed by atoms with van der Waals surface area (Å²) >= 11 is 0. The van der Waals surface area contributed by atoms with Crippen molar-refractivity contribution in [2.45, 2.75) is 13.0 Å². The highest BCUT2D eigenvalue weighted by Gasteiger charge is 2.26. The molecule has 1 aliphatic rings. The molecule has 0 saturated heterocycles. The lowest BCUT2D eigenvalue weighted by molar-refractivity contribution is 0.470. The number of nitrogens with zero attached hydrogens (tertiary/aromatic N) is 1. The molecule has 5 rings (SSSR count). The van der Waals surface area contributed by atoms with Crippen LogP contribution in [0.25, 0.3) is 22.2 Å². The monoisotopic (exact) mass is 327 g/mol. The number of aryl methyl sites for hydroxylation is 1. The number of benzene rings is 2. The molecule has 4 aromatic rings. The van der Waals surface area contributed by atoms with E-state index in [-0.39, 0.29) is 6.04 Å². The molecule has 2 aromatic carbocycles. The van der Waals surface area contributed by atoms with Crippen molar-refractivity contribution in [3.05, 3.63) is 77.6 Å². The number of fused-ring (bicyclic) bond motifs is 2. The molecule has 0 bridgehead atoms. The molecule has 1 unspecified atom stereocenters. The lowest BCUT2D eigenvalue weighted by Gasteiger charge is -2.20. The fraction of sp³-hybridized carbons (Fsp3) is 0.0952. The number of hydrogen-bond acceptors (Lipinski definition) is 3. The molecule has 0 aliphatic carbocycles. The molecule has 3 heterocycles. The Morgan fingerprint density at radius 1 is 1.04 bits per heavy atom. The van der Waals surface area contributed by atoms with Gasteiger partial charge in [-0.25, -0.2) is 4.98 Å². The van der Waals surface area contributed by atoms with Crippen molar-refractivity contribution in [1.82, 2.24) is 9.97 Å². The third-order valence-corrected chi connectivity index (χ3v) is 5.00. The Kier molecular flexibility index (Phi) is 2.88. The summed E-state index contributed by atoms with van der Waals surface area (Å²) in [4.78, 5) is 7.78. The van der Waals surface area contributed by atoms with Gasteiger partial charge in [0, 0.05) is 34.6 Å². The summed E-state index contributed by atoms with van der Waals surface area (Å²) in [5.74, 6) is 0.315. The van der Waals surface area contributed by atoms with Crippen molar-refractivity contribution in [1.29, 1.82) is 0 Å². The number of para-hydroxylation sites is 1. The SMILES string of the molecule is Cc1ccc(C2Nc3ccccc3-c3ccnc4[nH]cc2c34)cc1O. The number of aromatic amines is 1. The van der Waals surface area contributed by atoms with Crippen LogP contribution in [0.3, 0.4) is 0 Å². The maximum Gasteiger partial charge on any atom is 0.138 e.